The minimum absolute atomic E-state index is 0.117. The zero-order valence-electron chi connectivity index (χ0n) is 16.0. The van der Waals surface area contributed by atoms with Crippen molar-refractivity contribution in [3.63, 3.8) is 0 Å². The number of fused-ring (bicyclic) bond motifs is 2. The van der Waals surface area contributed by atoms with E-state index in [4.69, 9.17) is 4.74 Å². The highest BCUT2D eigenvalue weighted by molar-refractivity contribution is 7.99. The van der Waals surface area contributed by atoms with Crippen LogP contribution < -0.4 is 9.46 Å². The molecule has 0 fully saturated rings. The molecule has 0 aliphatic carbocycles. The van der Waals surface area contributed by atoms with Crippen LogP contribution in [0.4, 0.5) is 4.39 Å². The molecule has 7 heteroatoms. The van der Waals surface area contributed by atoms with Gasteiger partial charge in [0, 0.05) is 16.3 Å². The van der Waals surface area contributed by atoms with Crippen molar-refractivity contribution >= 4 is 27.4 Å². The van der Waals surface area contributed by atoms with E-state index in [1.165, 1.54) is 34.1 Å². The molecule has 4 rings (SSSR count). The molecule has 4 nitrogen and oxygen atoms in total. The zero-order valence-corrected chi connectivity index (χ0v) is 17.7. The molecule has 0 unspecified atom stereocenters. The van der Waals surface area contributed by atoms with Crippen molar-refractivity contribution in [1.29, 1.82) is 0 Å². The van der Waals surface area contributed by atoms with Gasteiger partial charge < -0.3 is 4.74 Å². The Kier molecular flexibility index (Phi) is 6.22. The summed E-state index contributed by atoms with van der Waals surface area (Å²) in [5, 5.41) is 0. The summed E-state index contributed by atoms with van der Waals surface area (Å²) in [6, 6.07) is 22.1. The maximum Gasteiger partial charge on any atom is 0.240 e. The van der Waals surface area contributed by atoms with Gasteiger partial charge in [-0.1, -0.05) is 54.2 Å². The first kappa shape index (κ1) is 20.7. The molecule has 0 saturated heterocycles. The van der Waals surface area contributed by atoms with Gasteiger partial charge >= 0.3 is 0 Å². The Morgan fingerprint density at radius 1 is 0.900 bits per heavy atom. The zero-order chi connectivity index (χ0) is 21.0. The fourth-order valence-corrected chi connectivity index (χ4v) is 5.46. The van der Waals surface area contributed by atoms with Crippen molar-refractivity contribution in [1.82, 2.24) is 4.72 Å². The SMILES string of the molecule is O=S(=O)(NCCC=C1c2ccccc2Sc2ccccc21)c1ccc(OCF)cc1. The molecule has 0 atom stereocenters. The van der Waals surface area contributed by atoms with Crippen LogP contribution in [0.15, 0.2) is 93.6 Å². The lowest BCUT2D eigenvalue weighted by Gasteiger charge is -2.22. The minimum atomic E-state index is -3.65. The molecular weight excluding hydrogens is 421 g/mol. The van der Waals surface area contributed by atoms with Gasteiger partial charge in [-0.15, -0.1) is 0 Å². The summed E-state index contributed by atoms with van der Waals surface area (Å²) >= 11 is 1.75. The second-order valence-electron chi connectivity index (χ2n) is 6.62. The second kappa shape index (κ2) is 9.04. The fraction of sp³-hybridized carbons (Fsp3) is 0.130. The van der Waals surface area contributed by atoms with Gasteiger partial charge in [0.2, 0.25) is 16.9 Å². The quantitative estimate of drug-likeness (QED) is 0.398. The normalized spacial score (nSPS) is 12.8. The second-order valence-corrected chi connectivity index (χ2v) is 9.47. The predicted octanol–water partition coefficient (Wildman–Crippen LogP) is 5.26. The van der Waals surface area contributed by atoms with E-state index >= 15 is 0 Å². The number of alkyl halides is 1. The molecule has 0 aromatic heterocycles. The fourth-order valence-electron chi connectivity index (χ4n) is 3.31. The number of ether oxygens (including phenoxy) is 1. The van der Waals surface area contributed by atoms with Gasteiger partial charge in [-0.25, -0.2) is 17.5 Å². The molecule has 1 aliphatic heterocycles. The number of nitrogens with one attached hydrogen (secondary N) is 1. The third kappa shape index (κ3) is 4.43. The van der Waals surface area contributed by atoms with Crippen LogP contribution in [0.2, 0.25) is 0 Å². The molecule has 154 valence electrons. The molecule has 30 heavy (non-hydrogen) atoms. The van der Waals surface area contributed by atoms with Gasteiger partial charge in [-0.05, 0) is 59.5 Å². The van der Waals surface area contributed by atoms with Crippen molar-refractivity contribution in [2.45, 2.75) is 21.1 Å². The number of benzene rings is 3. The van der Waals surface area contributed by atoms with Crippen LogP contribution in [0.3, 0.4) is 0 Å². The highest BCUT2D eigenvalue weighted by Gasteiger charge is 2.20. The molecule has 0 spiro atoms. The Hall–Kier alpha value is -2.61. The third-order valence-corrected chi connectivity index (χ3v) is 7.34. The molecule has 0 amide bonds. The van der Waals surface area contributed by atoms with Crippen molar-refractivity contribution in [2.24, 2.45) is 0 Å². The van der Waals surface area contributed by atoms with E-state index in [1.54, 1.807) is 11.8 Å². The van der Waals surface area contributed by atoms with Gasteiger partial charge in [0.1, 0.15) is 5.75 Å². The van der Waals surface area contributed by atoms with E-state index in [9.17, 15) is 12.8 Å². The van der Waals surface area contributed by atoms with Crippen LogP contribution in [-0.2, 0) is 10.0 Å². The van der Waals surface area contributed by atoms with Crippen molar-refractivity contribution < 1.29 is 17.5 Å². The van der Waals surface area contributed by atoms with Crippen molar-refractivity contribution in [2.75, 3.05) is 13.4 Å². The Labute approximate surface area is 179 Å². The van der Waals surface area contributed by atoms with E-state index in [2.05, 4.69) is 35.1 Å². The van der Waals surface area contributed by atoms with Crippen LogP contribution in [0.25, 0.3) is 5.57 Å². The molecule has 0 saturated carbocycles. The number of hydrogen-bond donors (Lipinski definition) is 1. The summed E-state index contributed by atoms with van der Waals surface area (Å²) in [7, 11) is -3.65. The summed E-state index contributed by atoms with van der Waals surface area (Å²) in [5.41, 5.74) is 3.44. The Morgan fingerprint density at radius 3 is 2.10 bits per heavy atom. The lowest BCUT2D eigenvalue weighted by atomic mass is 9.96. The van der Waals surface area contributed by atoms with Crippen LogP contribution in [0.5, 0.6) is 5.75 Å². The first-order chi connectivity index (χ1) is 14.6. The molecular formula is C23H20FNO3S2. The smallest absolute Gasteiger partial charge is 0.240 e. The summed E-state index contributed by atoms with van der Waals surface area (Å²) in [6.45, 7) is -0.685. The van der Waals surface area contributed by atoms with Gasteiger partial charge in [-0.3, -0.25) is 0 Å². The minimum Gasteiger partial charge on any atom is -0.463 e. The third-order valence-electron chi connectivity index (χ3n) is 4.71. The lowest BCUT2D eigenvalue weighted by molar-refractivity contribution is 0.191. The van der Waals surface area contributed by atoms with Crippen molar-refractivity contribution in [3.8, 4) is 5.75 Å². The van der Waals surface area contributed by atoms with Crippen LogP contribution >= 0.6 is 11.8 Å². The first-order valence-electron chi connectivity index (χ1n) is 9.44. The van der Waals surface area contributed by atoms with E-state index in [-0.39, 0.29) is 17.2 Å². The van der Waals surface area contributed by atoms with E-state index < -0.39 is 16.9 Å². The summed E-state index contributed by atoms with van der Waals surface area (Å²) in [4.78, 5) is 2.50. The summed E-state index contributed by atoms with van der Waals surface area (Å²) in [5.74, 6) is 0.286. The molecule has 0 bridgehead atoms. The number of hydrogen-bond acceptors (Lipinski definition) is 4. The molecule has 1 aliphatic rings. The van der Waals surface area contributed by atoms with Crippen LogP contribution in [-0.4, -0.2) is 21.8 Å². The number of rotatable bonds is 7. The lowest BCUT2D eigenvalue weighted by Crippen LogP contribution is -2.24. The topological polar surface area (TPSA) is 55.4 Å². The monoisotopic (exact) mass is 441 g/mol. The van der Waals surface area contributed by atoms with Gasteiger partial charge in [-0.2, -0.15) is 0 Å². The predicted molar refractivity (Wildman–Crippen MR) is 117 cm³/mol. The average molecular weight is 442 g/mol. The first-order valence-corrected chi connectivity index (χ1v) is 11.7. The van der Waals surface area contributed by atoms with Crippen LogP contribution in [0.1, 0.15) is 17.5 Å². The number of halogens is 1. The van der Waals surface area contributed by atoms with Gasteiger partial charge in [0.15, 0.2) is 0 Å². The Bertz CT molecular complexity index is 1130. The molecule has 0 radical (unpaired) electrons. The van der Waals surface area contributed by atoms with E-state index in [0.717, 1.165) is 16.7 Å². The standard InChI is InChI=1S/C23H20FNO3S2/c24-16-28-17-11-13-18(14-12-17)30(26,27)25-15-5-8-19-20-6-1-3-9-22(20)29-23-10-4-2-7-21(19)23/h1-4,6-14,25H,5,15-16H2. The Balaban J connectivity index is 1.48. The van der Waals surface area contributed by atoms with Crippen LogP contribution in [0, 0.1) is 0 Å². The van der Waals surface area contributed by atoms with Crippen molar-refractivity contribution in [3.05, 3.63) is 90.0 Å². The number of sulfonamides is 1. The largest absolute Gasteiger partial charge is 0.463 e. The molecule has 1 heterocycles. The van der Waals surface area contributed by atoms with E-state index in [1.807, 2.05) is 24.3 Å². The average Bonchev–Trinajstić information content (AvgIpc) is 2.76. The molecule has 3 aromatic carbocycles. The molecule has 3 aromatic rings. The highest BCUT2D eigenvalue weighted by atomic mass is 32.2. The maximum atomic E-state index is 12.5. The summed E-state index contributed by atoms with van der Waals surface area (Å²) < 4.78 is 44.5. The Morgan fingerprint density at radius 2 is 1.50 bits per heavy atom. The summed E-state index contributed by atoms with van der Waals surface area (Å²) in [6.07, 6.45) is 2.63. The van der Waals surface area contributed by atoms with E-state index in [0.29, 0.717) is 6.42 Å². The highest BCUT2D eigenvalue weighted by Crippen LogP contribution is 2.45. The molecule has 1 N–H and O–H groups in total. The van der Waals surface area contributed by atoms with Gasteiger partial charge in [0.05, 0.1) is 4.90 Å². The van der Waals surface area contributed by atoms with Gasteiger partial charge in [0.25, 0.3) is 0 Å². The maximum absolute atomic E-state index is 12.5.